The second-order valence-electron chi connectivity index (χ2n) is 6.60. The molecule has 3 rings (SSSR count). The molecule has 1 aliphatic heterocycles. The Kier molecular flexibility index (Phi) is 5.08. The lowest BCUT2D eigenvalue weighted by atomic mass is 10.0. The highest BCUT2D eigenvalue weighted by molar-refractivity contribution is 6.30. The van der Waals surface area contributed by atoms with Crippen LogP contribution in [0.5, 0.6) is 0 Å². The zero-order valence-electron chi connectivity index (χ0n) is 14.4. The first-order valence-corrected chi connectivity index (χ1v) is 8.45. The monoisotopic (exact) mass is 364 g/mol. The number of carbonyl (C=O) groups excluding carboxylic acids is 1. The molecule has 1 saturated heterocycles. The fraction of sp³-hybridized carbons (Fsp3) is 0.471. The van der Waals surface area contributed by atoms with Gasteiger partial charge in [-0.1, -0.05) is 22.8 Å². The third-order valence-electron chi connectivity index (χ3n) is 4.24. The van der Waals surface area contributed by atoms with E-state index in [1.807, 2.05) is 13.8 Å². The standard InChI is InChI=1S/C17H21ClN4O3/c1-17(2,21-14(23)10-5-4-6-11(18)7-10)16-20-15(25-22-16)13-8-12(24-3)9-19-13/h4-7,12-13,19H,8-9H2,1-3H3,(H,21,23)/t12-,13+/m0/s1. The van der Waals surface area contributed by atoms with E-state index < -0.39 is 5.54 Å². The predicted octanol–water partition coefficient (Wildman–Crippen LogP) is 2.44. The Labute approximate surface area is 151 Å². The molecular weight excluding hydrogens is 344 g/mol. The summed E-state index contributed by atoms with van der Waals surface area (Å²) in [6.45, 7) is 4.39. The average molecular weight is 365 g/mol. The Bertz CT molecular complexity index is 762. The molecule has 0 radical (unpaired) electrons. The first-order valence-electron chi connectivity index (χ1n) is 8.07. The molecule has 0 spiro atoms. The van der Waals surface area contributed by atoms with Gasteiger partial charge in [0.2, 0.25) is 5.89 Å². The lowest BCUT2D eigenvalue weighted by molar-refractivity contribution is 0.0907. The van der Waals surface area contributed by atoms with Crippen molar-refractivity contribution in [3.8, 4) is 0 Å². The second kappa shape index (κ2) is 7.11. The molecule has 0 saturated carbocycles. The van der Waals surface area contributed by atoms with Crippen molar-refractivity contribution in [2.24, 2.45) is 0 Å². The van der Waals surface area contributed by atoms with Gasteiger partial charge in [-0.15, -0.1) is 0 Å². The van der Waals surface area contributed by atoms with Crippen LogP contribution in [0.3, 0.4) is 0 Å². The molecule has 1 fully saturated rings. The number of nitrogens with one attached hydrogen (secondary N) is 2. The van der Waals surface area contributed by atoms with Crippen LogP contribution in [-0.4, -0.2) is 35.8 Å². The summed E-state index contributed by atoms with van der Waals surface area (Å²) < 4.78 is 10.7. The van der Waals surface area contributed by atoms with Gasteiger partial charge in [0.05, 0.1) is 17.7 Å². The maximum atomic E-state index is 12.4. The molecular formula is C17H21ClN4O3. The third-order valence-corrected chi connectivity index (χ3v) is 4.47. The van der Waals surface area contributed by atoms with E-state index in [1.165, 1.54) is 0 Å². The normalized spacial score (nSPS) is 20.6. The fourth-order valence-electron chi connectivity index (χ4n) is 2.74. The van der Waals surface area contributed by atoms with Gasteiger partial charge < -0.3 is 19.9 Å². The van der Waals surface area contributed by atoms with E-state index in [9.17, 15) is 4.79 Å². The summed E-state index contributed by atoms with van der Waals surface area (Å²) in [6, 6.07) is 6.73. The predicted molar refractivity (Wildman–Crippen MR) is 92.4 cm³/mol. The Morgan fingerprint density at radius 2 is 2.28 bits per heavy atom. The van der Waals surface area contributed by atoms with Crippen molar-refractivity contribution in [3.63, 3.8) is 0 Å². The molecule has 0 aliphatic carbocycles. The van der Waals surface area contributed by atoms with Crippen molar-refractivity contribution in [2.75, 3.05) is 13.7 Å². The number of nitrogens with zero attached hydrogens (tertiary/aromatic N) is 2. The average Bonchev–Trinajstić information content (AvgIpc) is 3.23. The van der Waals surface area contributed by atoms with E-state index in [0.717, 1.165) is 13.0 Å². The number of carbonyl (C=O) groups is 1. The minimum atomic E-state index is -0.791. The van der Waals surface area contributed by atoms with Crippen molar-refractivity contribution in [3.05, 3.63) is 46.6 Å². The molecule has 2 atom stereocenters. The van der Waals surface area contributed by atoms with Crippen LogP contribution in [-0.2, 0) is 10.3 Å². The summed E-state index contributed by atoms with van der Waals surface area (Å²) >= 11 is 5.94. The Morgan fingerprint density at radius 1 is 1.48 bits per heavy atom. The zero-order valence-corrected chi connectivity index (χ0v) is 15.1. The molecule has 2 N–H and O–H groups in total. The molecule has 0 unspecified atom stereocenters. The summed E-state index contributed by atoms with van der Waals surface area (Å²) in [4.78, 5) is 16.9. The van der Waals surface area contributed by atoms with E-state index in [0.29, 0.717) is 22.3 Å². The molecule has 1 aliphatic rings. The summed E-state index contributed by atoms with van der Waals surface area (Å²) in [5, 5.41) is 10.7. The number of amides is 1. The Morgan fingerprint density at radius 3 is 2.96 bits per heavy atom. The molecule has 1 aromatic heterocycles. The molecule has 134 valence electrons. The summed E-state index contributed by atoms with van der Waals surface area (Å²) in [5.74, 6) is 0.664. The SMILES string of the molecule is CO[C@@H]1CN[C@@H](c2nc(C(C)(C)NC(=O)c3cccc(Cl)c3)no2)C1. The Balaban J connectivity index is 1.71. The van der Waals surface area contributed by atoms with Crippen molar-refractivity contribution < 1.29 is 14.1 Å². The van der Waals surface area contributed by atoms with Crippen molar-refractivity contribution in [2.45, 2.75) is 38.0 Å². The molecule has 8 heteroatoms. The van der Waals surface area contributed by atoms with E-state index >= 15 is 0 Å². The van der Waals surface area contributed by atoms with Crippen LogP contribution in [0.25, 0.3) is 0 Å². The fourth-order valence-corrected chi connectivity index (χ4v) is 2.93. The smallest absolute Gasteiger partial charge is 0.252 e. The molecule has 2 aromatic rings. The highest BCUT2D eigenvalue weighted by Crippen LogP contribution is 2.26. The lowest BCUT2D eigenvalue weighted by Crippen LogP contribution is -2.41. The van der Waals surface area contributed by atoms with Crippen LogP contribution in [0, 0.1) is 0 Å². The number of hydrogen-bond donors (Lipinski definition) is 2. The summed E-state index contributed by atoms with van der Waals surface area (Å²) in [7, 11) is 1.68. The van der Waals surface area contributed by atoms with E-state index in [2.05, 4.69) is 20.8 Å². The van der Waals surface area contributed by atoms with Crippen LogP contribution in [0.1, 0.15) is 48.4 Å². The van der Waals surface area contributed by atoms with Gasteiger partial charge >= 0.3 is 0 Å². The van der Waals surface area contributed by atoms with Gasteiger partial charge in [-0.05, 0) is 38.5 Å². The van der Waals surface area contributed by atoms with Crippen molar-refractivity contribution >= 4 is 17.5 Å². The highest BCUT2D eigenvalue weighted by atomic mass is 35.5. The van der Waals surface area contributed by atoms with Gasteiger partial charge in [0.1, 0.15) is 0 Å². The number of hydrogen-bond acceptors (Lipinski definition) is 6. The van der Waals surface area contributed by atoms with Gasteiger partial charge in [0, 0.05) is 24.2 Å². The van der Waals surface area contributed by atoms with E-state index in [4.69, 9.17) is 20.9 Å². The highest BCUT2D eigenvalue weighted by Gasteiger charge is 2.33. The minimum absolute atomic E-state index is 0.0365. The van der Waals surface area contributed by atoms with Gasteiger partial charge in [0.15, 0.2) is 5.82 Å². The number of benzene rings is 1. The van der Waals surface area contributed by atoms with E-state index in [1.54, 1.807) is 31.4 Å². The first-order chi connectivity index (χ1) is 11.9. The van der Waals surface area contributed by atoms with Gasteiger partial charge in [0.25, 0.3) is 5.91 Å². The number of ether oxygens (including phenoxy) is 1. The summed E-state index contributed by atoms with van der Waals surface area (Å²) in [5.41, 5.74) is -0.315. The number of aromatic nitrogens is 2. The number of methoxy groups -OCH3 is 1. The third kappa shape index (κ3) is 4.00. The van der Waals surface area contributed by atoms with Crippen LogP contribution < -0.4 is 10.6 Å². The van der Waals surface area contributed by atoms with Gasteiger partial charge in [-0.25, -0.2) is 0 Å². The van der Waals surface area contributed by atoms with Crippen LogP contribution in [0.15, 0.2) is 28.8 Å². The van der Waals surface area contributed by atoms with Crippen molar-refractivity contribution in [1.82, 2.24) is 20.8 Å². The van der Waals surface area contributed by atoms with Crippen LogP contribution >= 0.6 is 11.6 Å². The maximum absolute atomic E-state index is 12.4. The van der Waals surface area contributed by atoms with Gasteiger partial charge in [-0.3, -0.25) is 4.79 Å². The van der Waals surface area contributed by atoms with Crippen molar-refractivity contribution in [1.29, 1.82) is 0 Å². The first kappa shape index (κ1) is 17.8. The molecule has 7 nitrogen and oxygen atoms in total. The molecule has 0 bridgehead atoms. The molecule has 1 aromatic carbocycles. The second-order valence-corrected chi connectivity index (χ2v) is 7.04. The number of rotatable bonds is 5. The Hall–Kier alpha value is -1.96. The minimum Gasteiger partial charge on any atom is -0.380 e. The van der Waals surface area contributed by atoms with Crippen LogP contribution in [0.4, 0.5) is 0 Å². The quantitative estimate of drug-likeness (QED) is 0.847. The summed E-state index contributed by atoms with van der Waals surface area (Å²) in [6.07, 6.45) is 0.906. The topological polar surface area (TPSA) is 89.3 Å². The maximum Gasteiger partial charge on any atom is 0.252 e. The molecule has 25 heavy (non-hydrogen) atoms. The van der Waals surface area contributed by atoms with Crippen LogP contribution in [0.2, 0.25) is 5.02 Å². The zero-order chi connectivity index (χ0) is 18.0. The largest absolute Gasteiger partial charge is 0.380 e. The number of halogens is 1. The van der Waals surface area contributed by atoms with E-state index in [-0.39, 0.29) is 18.1 Å². The lowest BCUT2D eigenvalue weighted by Gasteiger charge is -2.22. The molecule has 1 amide bonds. The van der Waals surface area contributed by atoms with Gasteiger partial charge in [-0.2, -0.15) is 4.98 Å². The molecule has 2 heterocycles.